The van der Waals surface area contributed by atoms with Crippen molar-refractivity contribution in [2.24, 2.45) is 11.8 Å². The van der Waals surface area contributed by atoms with Gasteiger partial charge in [0.2, 0.25) is 12.2 Å². The van der Waals surface area contributed by atoms with Gasteiger partial charge in [0.15, 0.2) is 0 Å². The molecule has 2 aliphatic heterocycles. The quantitative estimate of drug-likeness (QED) is 0.0846. The number of rotatable bonds is 20. The van der Waals surface area contributed by atoms with Crippen LogP contribution in [0.3, 0.4) is 0 Å². The summed E-state index contributed by atoms with van der Waals surface area (Å²) in [6.45, 7) is 16.6. The van der Waals surface area contributed by atoms with E-state index in [9.17, 15) is 33.9 Å². The Balaban J connectivity index is 0.000000248. The first-order valence-electron chi connectivity index (χ1n) is 26.2. The zero-order valence-corrected chi connectivity index (χ0v) is 45.0. The molecule has 7 rings (SSSR count). The van der Waals surface area contributed by atoms with Crippen molar-refractivity contribution in [2.45, 2.75) is 135 Å². The molecule has 2 saturated carbocycles. The van der Waals surface area contributed by atoms with E-state index in [0.29, 0.717) is 51.1 Å². The maximum atomic E-state index is 13.6. The second-order valence-corrected chi connectivity index (χ2v) is 21.8. The van der Waals surface area contributed by atoms with Gasteiger partial charge in [-0.2, -0.15) is 0 Å². The average Bonchev–Trinajstić information content (AvgIpc) is 4.34. The fraction of sp³-hybridized carbons (Fsp3) is 0.579. The minimum absolute atomic E-state index is 0.0385. The fourth-order valence-electron chi connectivity index (χ4n) is 8.45. The Kier molecular flexibility index (Phi) is 20.7. The Labute approximate surface area is 441 Å². The van der Waals surface area contributed by atoms with Gasteiger partial charge in [-0.1, -0.05) is 80.3 Å². The van der Waals surface area contributed by atoms with Gasteiger partial charge in [0, 0.05) is 64.5 Å². The number of carboxylic acid groups (broad SMARTS) is 1. The molecule has 0 radical (unpaired) electrons. The molecule has 18 nitrogen and oxygen atoms in total. The van der Waals surface area contributed by atoms with E-state index >= 15 is 0 Å². The van der Waals surface area contributed by atoms with Gasteiger partial charge in [-0.15, -0.1) is 0 Å². The summed E-state index contributed by atoms with van der Waals surface area (Å²) in [6.07, 6.45) is 1.23. The molecule has 1 N–H and O–H groups in total. The highest BCUT2D eigenvalue weighted by molar-refractivity contribution is 5.85. The fourth-order valence-corrected chi connectivity index (χ4v) is 8.45. The lowest BCUT2D eigenvalue weighted by Gasteiger charge is -2.30. The van der Waals surface area contributed by atoms with E-state index < -0.39 is 71.6 Å². The van der Waals surface area contributed by atoms with Crippen LogP contribution in [0.5, 0.6) is 0 Å². The number of ether oxygens (including phenoxy) is 7. The van der Waals surface area contributed by atoms with E-state index in [1.807, 2.05) is 78.9 Å². The third kappa shape index (κ3) is 19.4. The normalized spacial score (nSPS) is 17.4. The maximum absolute atomic E-state index is 13.6. The number of aliphatic carboxylic acids is 1. The summed E-state index contributed by atoms with van der Waals surface area (Å²) in [5.41, 5.74) is 3.09. The first-order valence-corrected chi connectivity index (χ1v) is 26.2. The number of hydrogen-bond acceptors (Lipinski definition) is 15. The Morgan fingerprint density at radius 2 is 0.947 bits per heavy atom. The molecule has 2 aliphatic carbocycles. The molecule has 2 heterocycles. The second kappa shape index (κ2) is 26.9. The van der Waals surface area contributed by atoms with Crippen LogP contribution in [0.1, 0.15) is 96.8 Å². The molecular weight excluding hydrogens is 965 g/mol. The van der Waals surface area contributed by atoms with Crippen LogP contribution < -0.4 is 9.80 Å². The molecule has 2 saturated heterocycles. The number of anilines is 2. The standard InChI is InChI=1S/C32H42N2O7.C25H36N2O7/c1-32(2,3)41-31(37)33(4)27(20-23-10-11-23)29(35)40-28(30(36)39-22-25-8-6-5-7-9-25)21-24-12-14-26(15-13-24)34-16-18-38-19-17-34;1-25(2,3)34-24(31)26(4)20(15-17-5-6-17)23(30)33-21(22(28)29)16-18-7-9-19(10-8-18)27-11-13-32-14-12-27/h5-9,12-15,23,27-28H,10-11,16-22H2,1-4H3;7-10,17,20-21H,5-6,11-16H2,1-4H3,(H,28,29)/t27-,28+;20-,21+/m00/s1. The highest BCUT2D eigenvalue weighted by Gasteiger charge is 2.40. The van der Waals surface area contributed by atoms with Gasteiger partial charge < -0.3 is 48.1 Å². The number of carbonyl (C=O) groups excluding carboxylic acids is 5. The molecule has 4 aliphatic rings. The number of likely N-dealkylation sites (N-methyl/N-ethyl adjacent to an activating group) is 2. The number of amides is 2. The Morgan fingerprint density at radius 3 is 1.32 bits per heavy atom. The predicted molar refractivity (Wildman–Crippen MR) is 280 cm³/mol. The Morgan fingerprint density at radius 1 is 0.560 bits per heavy atom. The molecule has 3 aromatic carbocycles. The zero-order chi connectivity index (χ0) is 54.3. The largest absolute Gasteiger partial charge is 0.478 e. The van der Waals surface area contributed by atoms with E-state index in [4.69, 9.17) is 33.2 Å². The molecule has 4 fully saturated rings. The molecule has 0 aromatic heterocycles. The van der Waals surface area contributed by atoms with Crippen LogP contribution in [0.4, 0.5) is 21.0 Å². The van der Waals surface area contributed by atoms with Crippen molar-refractivity contribution in [1.82, 2.24) is 9.80 Å². The third-order valence-electron chi connectivity index (χ3n) is 13.1. The minimum Gasteiger partial charge on any atom is -0.478 e. The lowest BCUT2D eigenvalue weighted by molar-refractivity contribution is -0.171. The monoisotopic (exact) mass is 1040 g/mol. The van der Waals surface area contributed by atoms with Crippen LogP contribution in [0, 0.1) is 11.8 Å². The van der Waals surface area contributed by atoms with Crippen molar-refractivity contribution in [1.29, 1.82) is 0 Å². The van der Waals surface area contributed by atoms with Gasteiger partial charge in [0.25, 0.3) is 0 Å². The van der Waals surface area contributed by atoms with Gasteiger partial charge in [0.05, 0.1) is 26.4 Å². The topological polar surface area (TPSA) is 200 Å². The molecule has 18 heteroatoms. The number of morpholine rings is 2. The SMILES string of the molecule is CN(C(=O)OC(C)(C)C)[C@@H](CC1CC1)C(=O)O[C@H](Cc1ccc(N2CCOCC2)cc1)C(=O)O.CN(C(=O)OC(C)(C)C)[C@@H](CC1CC1)C(=O)O[C@H](Cc1ccc(N2CCOCC2)cc1)C(=O)OCc1ccccc1. The van der Waals surface area contributed by atoms with Crippen LogP contribution in [-0.2, 0) is 71.8 Å². The summed E-state index contributed by atoms with van der Waals surface area (Å²) in [5, 5.41) is 9.71. The molecule has 410 valence electrons. The lowest BCUT2D eigenvalue weighted by Crippen LogP contribution is -2.47. The first kappa shape index (κ1) is 57.9. The predicted octanol–water partition coefficient (Wildman–Crippen LogP) is 7.85. The van der Waals surface area contributed by atoms with Gasteiger partial charge in [0.1, 0.15) is 29.9 Å². The average molecular weight is 1040 g/mol. The van der Waals surface area contributed by atoms with E-state index in [1.165, 1.54) is 23.9 Å². The van der Waals surface area contributed by atoms with E-state index in [1.54, 1.807) is 41.5 Å². The summed E-state index contributed by atoms with van der Waals surface area (Å²) in [5.74, 6) is -2.58. The summed E-state index contributed by atoms with van der Waals surface area (Å²) >= 11 is 0. The van der Waals surface area contributed by atoms with Crippen LogP contribution in [0.15, 0.2) is 78.9 Å². The van der Waals surface area contributed by atoms with Gasteiger partial charge in [-0.05, 0) is 107 Å². The maximum Gasteiger partial charge on any atom is 0.410 e. The van der Waals surface area contributed by atoms with E-state index in [-0.39, 0.29) is 19.4 Å². The smallest absolute Gasteiger partial charge is 0.410 e. The highest BCUT2D eigenvalue weighted by Crippen LogP contribution is 2.36. The van der Waals surface area contributed by atoms with Crippen LogP contribution >= 0.6 is 0 Å². The van der Waals surface area contributed by atoms with Crippen LogP contribution in [-0.4, -0.2) is 153 Å². The summed E-state index contributed by atoms with van der Waals surface area (Å²) < 4.78 is 38.6. The zero-order valence-electron chi connectivity index (χ0n) is 45.0. The van der Waals surface area contributed by atoms with Crippen molar-refractivity contribution in [3.63, 3.8) is 0 Å². The number of esters is 3. The number of carbonyl (C=O) groups is 6. The Hall–Kier alpha value is -6.40. The minimum atomic E-state index is -1.35. The molecule has 3 aromatic rings. The van der Waals surface area contributed by atoms with Crippen molar-refractivity contribution in [2.75, 3.05) is 76.5 Å². The van der Waals surface area contributed by atoms with E-state index in [0.717, 1.165) is 79.9 Å². The van der Waals surface area contributed by atoms with Crippen LogP contribution in [0.25, 0.3) is 0 Å². The van der Waals surface area contributed by atoms with Crippen molar-refractivity contribution in [3.05, 3.63) is 95.6 Å². The summed E-state index contributed by atoms with van der Waals surface area (Å²) in [6, 6.07) is 23.0. The van der Waals surface area contributed by atoms with Crippen molar-refractivity contribution < 1.29 is 67.0 Å². The molecule has 0 spiro atoms. The molecule has 4 atom stereocenters. The molecule has 0 bridgehead atoms. The summed E-state index contributed by atoms with van der Waals surface area (Å²) in [7, 11) is 3.03. The van der Waals surface area contributed by atoms with Gasteiger partial charge in [-0.3, -0.25) is 9.80 Å². The molecule has 2 amide bonds. The number of hydrogen-bond donors (Lipinski definition) is 1. The second-order valence-electron chi connectivity index (χ2n) is 21.8. The molecule has 75 heavy (non-hydrogen) atoms. The van der Waals surface area contributed by atoms with Crippen molar-refractivity contribution in [3.8, 4) is 0 Å². The van der Waals surface area contributed by atoms with Gasteiger partial charge >= 0.3 is 36.1 Å². The number of nitrogens with zero attached hydrogens (tertiary/aromatic N) is 4. The highest BCUT2D eigenvalue weighted by atomic mass is 16.6. The first-order chi connectivity index (χ1) is 35.6. The van der Waals surface area contributed by atoms with E-state index in [2.05, 4.69) is 9.80 Å². The summed E-state index contributed by atoms with van der Waals surface area (Å²) in [4.78, 5) is 84.1. The Bertz CT molecular complexity index is 2330. The lowest BCUT2D eigenvalue weighted by atomic mass is 10.1. The third-order valence-corrected chi connectivity index (χ3v) is 13.1. The number of benzene rings is 3. The molecular formula is C57H78N4O14. The molecule has 0 unspecified atom stereocenters. The van der Waals surface area contributed by atoms with Crippen LogP contribution in [0.2, 0.25) is 0 Å². The van der Waals surface area contributed by atoms with Crippen molar-refractivity contribution >= 4 is 47.4 Å². The van der Waals surface area contributed by atoms with Gasteiger partial charge in [-0.25, -0.2) is 28.8 Å². The number of carboxylic acids is 1.